The molecule has 0 aromatic carbocycles. The summed E-state index contributed by atoms with van der Waals surface area (Å²) >= 11 is 0. The highest BCUT2D eigenvalue weighted by atomic mass is 16.6. The quantitative estimate of drug-likeness (QED) is 0.0263. The smallest absolute Gasteiger partial charge is 0.306 e. The van der Waals surface area contributed by atoms with Crippen molar-refractivity contribution in [3.05, 3.63) is 36.5 Å². The summed E-state index contributed by atoms with van der Waals surface area (Å²) in [7, 11) is 0. The highest BCUT2D eigenvalue weighted by Crippen LogP contribution is 2.15. The molecular formula is C53H96O6. The molecule has 1 atom stereocenters. The van der Waals surface area contributed by atoms with Crippen molar-refractivity contribution in [3.8, 4) is 0 Å². The van der Waals surface area contributed by atoms with E-state index in [1.54, 1.807) is 0 Å². The van der Waals surface area contributed by atoms with Crippen LogP contribution < -0.4 is 0 Å². The molecule has 0 fully saturated rings. The molecule has 0 amide bonds. The molecule has 0 aliphatic rings. The zero-order chi connectivity index (χ0) is 43.0. The predicted molar refractivity (Wildman–Crippen MR) is 252 cm³/mol. The predicted octanol–water partition coefficient (Wildman–Crippen LogP) is 16.5. The first-order chi connectivity index (χ1) is 29.0. The molecule has 0 N–H and O–H groups in total. The third-order valence-corrected chi connectivity index (χ3v) is 11.1. The zero-order valence-electron chi connectivity index (χ0n) is 39.3. The van der Waals surface area contributed by atoms with Gasteiger partial charge in [-0.1, -0.05) is 205 Å². The van der Waals surface area contributed by atoms with Crippen molar-refractivity contribution < 1.29 is 28.6 Å². The summed E-state index contributed by atoms with van der Waals surface area (Å²) in [6, 6.07) is 0. The molecule has 0 radical (unpaired) electrons. The molecule has 0 aliphatic heterocycles. The van der Waals surface area contributed by atoms with E-state index in [2.05, 4.69) is 57.2 Å². The molecule has 0 heterocycles. The summed E-state index contributed by atoms with van der Waals surface area (Å²) < 4.78 is 16.8. The molecule has 0 saturated heterocycles. The Kier molecular flexibility index (Phi) is 46.4. The highest BCUT2D eigenvalue weighted by Gasteiger charge is 2.19. The molecule has 0 saturated carbocycles. The maximum Gasteiger partial charge on any atom is 0.306 e. The van der Waals surface area contributed by atoms with Crippen LogP contribution in [0.3, 0.4) is 0 Å². The van der Waals surface area contributed by atoms with Gasteiger partial charge in [-0.05, 0) is 77.0 Å². The highest BCUT2D eigenvalue weighted by molar-refractivity contribution is 5.71. The summed E-state index contributed by atoms with van der Waals surface area (Å²) in [5.74, 6) is -0.886. The normalized spacial score (nSPS) is 12.3. The van der Waals surface area contributed by atoms with E-state index in [1.165, 1.54) is 148 Å². The van der Waals surface area contributed by atoms with Gasteiger partial charge in [-0.15, -0.1) is 0 Å². The second kappa shape index (κ2) is 48.3. The molecule has 0 bridgehead atoms. The first-order valence-electron chi connectivity index (χ1n) is 25.5. The van der Waals surface area contributed by atoms with Gasteiger partial charge in [0.2, 0.25) is 0 Å². The van der Waals surface area contributed by atoms with Crippen LogP contribution in [0.5, 0.6) is 0 Å². The fraction of sp³-hybridized carbons (Fsp3) is 0.830. The van der Waals surface area contributed by atoms with Gasteiger partial charge in [-0.3, -0.25) is 14.4 Å². The average Bonchev–Trinajstić information content (AvgIpc) is 3.23. The van der Waals surface area contributed by atoms with Crippen LogP contribution in [0, 0.1) is 0 Å². The van der Waals surface area contributed by atoms with Crippen molar-refractivity contribution in [1.82, 2.24) is 0 Å². The fourth-order valence-corrected chi connectivity index (χ4v) is 7.23. The van der Waals surface area contributed by atoms with Gasteiger partial charge in [0.15, 0.2) is 6.10 Å². The topological polar surface area (TPSA) is 78.9 Å². The second-order valence-electron chi connectivity index (χ2n) is 17.1. The summed E-state index contributed by atoms with van der Waals surface area (Å²) in [6.07, 6.45) is 55.5. The molecule has 0 aromatic rings. The number of carbonyl (C=O) groups is 3. The maximum atomic E-state index is 12.8. The number of allylic oxidation sites excluding steroid dienone is 6. The van der Waals surface area contributed by atoms with E-state index in [-0.39, 0.29) is 31.1 Å². The van der Waals surface area contributed by atoms with Gasteiger partial charge >= 0.3 is 17.9 Å². The number of esters is 3. The fourth-order valence-electron chi connectivity index (χ4n) is 7.23. The Bertz CT molecular complexity index is 1000. The van der Waals surface area contributed by atoms with E-state index in [1.807, 2.05) is 0 Å². The van der Waals surface area contributed by atoms with Crippen LogP contribution in [0.25, 0.3) is 0 Å². The van der Waals surface area contributed by atoms with Gasteiger partial charge in [-0.2, -0.15) is 0 Å². The number of hydrogen-bond acceptors (Lipinski definition) is 6. The van der Waals surface area contributed by atoms with Crippen LogP contribution in [-0.4, -0.2) is 37.2 Å². The van der Waals surface area contributed by atoms with Gasteiger partial charge in [-0.25, -0.2) is 0 Å². The van der Waals surface area contributed by atoms with Crippen molar-refractivity contribution in [2.45, 2.75) is 271 Å². The lowest BCUT2D eigenvalue weighted by Gasteiger charge is -2.18. The lowest BCUT2D eigenvalue weighted by atomic mass is 10.1. The van der Waals surface area contributed by atoms with Crippen LogP contribution in [0.2, 0.25) is 0 Å². The molecular weight excluding hydrogens is 733 g/mol. The van der Waals surface area contributed by atoms with Crippen LogP contribution in [0.4, 0.5) is 0 Å². The van der Waals surface area contributed by atoms with Crippen LogP contribution in [0.15, 0.2) is 36.5 Å². The standard InChI is InChI=1S/C53H96O6/c1-4-7-10-13-16-19-22-24-26-27-28-30-31-34-37-40-43-46-52(55)58-49-50(48-57-51(54)45-42-39-36-33-21-18-15-12-9-6-3)59-53(56)47-44-41-38-35-32-29-25-23-20-17-14-11-8-5-2/h16,19,23-26,50H,4-15,17-18,20-22,27-49H2,1-3H3/b19-16-,25-23-,26-24-/t50-/m1/s1. The van der Waals surface area contributed by atoms with Gasteiger partial charge in [0.05, 0.1) is 0 Å². The molecule has 59 heavy (non-hydrogen) atoms. The first kappa shape index (κ1) is 56.6. The average molecular weight is 829 g/mol. The monoisotopic (exact) mass is 829 g/mol. The van der Waals surface area contributed by atoms with Crippen molar-refractivity contribution >= 4 is 17.9 Å². The molecule has 0 unspecified atom stereocenters. The Morgan fingerprint density at radius 3 is 0.983 bits per heavy atom. The van der Waals surface area contributed by atoms with Crippen molar-refractivity contribution in [3.63, 3.8) is 0 Å². The minimum absolute atomic E-state index is 0.0756. The minimum atomic E-state index is -0.775. The minimum Gasteiger partial charge on any atom is -0.462 e. The van der Waals surface area contributed by atoms with Crippen molar-refractivity contribution in [2.75, 3.05) is 13.2 Å². The van der Waals surface area contributed by atoms with Gasteiger partial charge in [0.25, 0.3) is 0 Å². The summed E-state index contributed by atoms with van der Waals surface area (Å²) in [5.41, 5.74) is 0. The van der Waals surface area contributed by atoms with E-state index in [0.29, 0.717) is 19.3 Å². The Morgan fingerprint density at radius 1 is 0.339 bits per heavy atom. The Morgan fingerprint density at radius 2 is 0.610 bits per heavy atom. The largest absolute Gasteiger partial charge is 0.462 e. The lowest BCUT2D eigenvalue weighted by Crippen LogP contribution is -2.30. The van der Waals surface area contributed by atoms with E-state index >= 15 is 0 Å². The van der Waals surface area contributed by atoms with E-state index in [4.69, 9.17) is 14.2 Å². The third-order valence-electron chi connectivity index (χ3n) is 11.1. The lowest BCUT2D eigenvalue weighted by molar-refractivity contribution is -0.167. The molecule has 6 nitrogen and oxygen atoms in total. The Balaban J connectivity index is 4.35. The Labute approximate surface area is 365 Å². The molecule has 0 spiro atoms. The van der Waals surface area contributed by atoms with Crippen molar-refractivity contribution in [1.29, 1.82) is 0 Å². The molecule has 344 valence electrons. The number of hydrogen-bond donors (Lipinski definition) is 0. The van der Waals surface area contributed by atoms with Gasteiger partial charge in [0, 0.05) is 19.3 Å². The third kappa shape index (κ3) is 46.5. The Hall–Kier alpha value is -2.37. The SMILES string of the molecule is CCCCC/C=C\C/C=C\CCCCCCCCCC(=O)OC[C@@H](COC(=O)CCCCCCCCCCCC)OC(=O)CCCCCCC/C=C\CCCCCCC. The number of ether oxygens (including phenoxy) is 3. The van der Waals surface area contributed by atoms with Gasteiger partial charge in [0.1, 0.15) is 13.2 Å². The van der Waals surface area contributed by atoms with Crippen LogP contribution >= 0.6 is 0 Å². The van der Waals surface area contributed by atoms with E-state index < -0.39 is 6.10 Å². The number of rotatable bonds is 46. The second-order valence-corrected chi connectivity index (χ2v) is 17.1. The maximum absolute atomic E-state index is 12.8. The molecule has 6 heteroatoms. The molecule has 0 aliphatic carbocycles. The van der Waals surface area contributed by atoms with Crippen molar-refractivity contribution in [2.24, 2.45) is 0 Å². The summed E-state index contributed by atoms with van der Waals surface area (Å²) in [6.45, 7) is 6.59. The summed E-state index contributed by atoms with van der Waals surface area (Å²) in [4.78, 5) is 37.9. The van der Waals surface area contributed by atoms with E-state index in [9.17, 15) is 14.4 Å². The molecule has 0 rings (SSSR count). The van der Waals surface area contributed by atoms with Crippen LogP contribution in [-0.2, 0) is 28.6 Å². The zero-order valence-corrected chi connectivity index (χ0v) is 39.3. The van der Waals surface area contributed by atoms with E-state index in [0.717, 1.165) is 77.0 Å². The number of unbranched alkanes of at least 4 members (excludes halogenated alkanes) is 29. The summed E-state index contributed by atoms with van der Waals surface area (Å²) in [5, 5.41) is 0. The van der Waals surface area contributed by atoms with Gasteiger partial charge < -0.3 is 14.2 Å². The first-order valence-corrected chi connectivity index (χ1v) is 25.5. The van der Waals surface area contributed by atoms with Crippen LogP contribution in [0.1, 0.15) is 265 Å². The number of carbonyl (C=O) groups excluding carboxylic acids is 3. The molecule has 0 aromatic heterocycles.